The lowest BCUT2D eigenvalue weighted by Gasteiger charge is -2.33. The lowest BCUT2D eigenvalue weighted by molar-refractivity contribution is 0.568. The van der Waals surface area contributed by atoms with Crippen LogP contribution in [0.1, 0.15) is 39.2 Å². The Hall–Kier alpha value is -1.03. The van der Waals surface area contributed by atoms with Gasteiger partial charge in [0.15, 0.2) is 0 Å². The molecule has 0 amide bonds. The SMILES string of the molecule is CC(C)(C)c1ccccc1N1CCCCS1(=O)=O. The van der Waals surface area contributed by atoms with Crippen molar-refractivity contribution >= 4 is 15.7 Å². The molecule has 0 radical (unpaired) electrons. The minimum absolute atomic E-state index is 0.0520. The second-order valence-corrected chi connectivity index (χ2v) is 7.88. The van der Waals surface area contributed by atoms with Crippen LogP contribution < -0.4 is 4.31 Å². The van der Waals surface area contributed by atoms with Crippen LogP contribution in [0.5, 0.6) is 0 Å². The molecule has 0 aliphatic carbocycles. The van der Waals surface area contributed by atoms with Crippen molar-refractivity contribution in [2.75, 3.05) is 16.6 Å². The number of hydrogen-bond acceptors (Lipinski definition) is 2. The van der Waals surface area contributed by atoms with Crippen LogP contribution in [0.3, 0.4) is 0 Å². The van der Waals surface area contributed by atoms with Gasteiger partial charge in [-0.3, -0.25) is 4.31 Å². The van der Waals surface area contributed by atoms with Gasteiger partial charge in [-0.05, 0) is 29.9 Å². The molecule has 1 aliphatic heterocycles. The lowest BCUT2D eigenvalue weighted by atomic mass is 9.86. The van der Waals surface area contributed by atoms with Gasteiger partial charge in [0.05, 0.1) is 11.4 Å². The largest absolute Gasteiger partial charge is 0.270 e. The molecular weight excluding hydrogens is 246 g/mol. The van der Waals surface area contributed by atoms with E-state index in [2.05, 4.69) is 20.8 Å². The van der Waals surface area contributed by atoms with E-state index in [0.717, 1.165) is 24.1 Å². The smallest absolute Gasteiger partial charge is 0.235 e. The molecule has 1 aliphatic rings. The van der Waals surface area contributed by atoms with Crippen molar-refractivity contribution in [3.63, 3.8) is 0 Å². The van der Waals surface area contributed by atoms with Gasteiger partial charge in [0, 0.05) is 6.54 Å². The first-order chi connectivity index (χ1) is 8.32. The van der Waals surface area contributed by atoms with Crippen LogP contribution in [-0.2, 0) is 15.4 Å². The van der Waals surface area contributed by atoms with Gasteiger partial charge < -0.3 is 0 Å². The number of hydrogen-bond donors (Lipinski definition) is 0. The minimum Gasteiger partial charge on any atom is -0.270 e. The van der Waals surface area contributed by atoms with Crippen LogP contribution in [0.2, 0.25) is 0 Å². The maximum absolute atomic E-state index is 12.2. The van der Waals surface area contributed by atoms with E-state index in [1.165, 1.54) is 0 Å². The molecule has 3 nitrogen and oxygen atoms in total. The van der Waals surface area contributed by atoms with Gasteiger partial charge in [0.25, 0.3) is 0 Å². The predicted octanol–water partition coefficient (Wildman–Crippen LogP) is 2.91. The van der Waals surface area contributed by atoms with E-state index in [1.807, 2.05) is 24.3 Å². The fourth-order valence-corrected chi connectivity index (χ4v) is 4.04. The molecule has 0 unspecified atom stereocenters. The third-order valence-corrected chi connectivity index (χ3v) is 5.19. The average Bonchev–Trinajstić information content (AvgIpc) is 2.27. The predicted molar refractivity (Wildman–Crippen MR) is 75.5 cm³/mol. The van der Waals surface area contributed by atoms with Gasteiger partial charge in [0.2, 0.25) is 10.0 Å². The van der Waals surface area contributed by atoms with E-state index in [4.69, 9.17) is 0 Å². The molecular formula is C14H21NO2S. The first-order valence-corrected chi connectivity index (χ1v) is 8.03. The van der Waals surface area contributed by atoms with Gasteiger partial charge in [-0.1, -0.05) is 39.0 Å². The number of benzene rings is 1. The third kappa shape index (κ3) is 2.53. The summed E-state index contributed by atoms with van der Waals surface area (Å²) in [5.74, 6) is 0.269. The van der Waals surface area contributed by atoms with Crippen LogP contribution in [0.25, 0.3) is 0 Å². The monoisotopic (exact) mass is 267 g/mol. The highest BCUT2D eigenvalue weighted by Crippen LogP contribution is 2.34. The van der Waals surface area contributed by atoms with Crippen LogP contribution in [-0.4, -0.2) is 20.7 Å². The molecule has 0 saturated carbocycles. The van der Waals surface area contributed by atoms with Crippen LogP contribution in [0.15, 0.2) is 24.3 Å². The summed E-state index contributed by atoms with van der Waals surface area (Å²) >= 11 is 0. The second kappa shape index (κ2) is 4.57. The fourth-order valence-electron chi connectivity index (χ4n) is 2.38. The summed E-state index contributed by atoms with van der Waals surface area (Å²) < 4.78 is 26.0. The molecule has 0 atom stereocenters. The number of rotatable bonds is 1. The van der Waals surface area contributed by atoms with Crippen molar-refractivity contribution < 1.29 is 8.42 Å². The molecule has 0 aromatic heterocycles. The average molecular weight is 267 g/mol. The molecule has 2 rings (SSSR count). The molecule has 1 fully saturated rings. The number of para-hydroxylation sites is 1. The Morgan fingerprint density at radius 3 is 2.39 bits per heavy atom. The molecule has 100 valence electrons. The van der Waals surface area contributed by atoms with Crippen molar-refractivity contribution in [1.29, 1.82) is 0 Å². The van der Waals surface area contributed by atoms with Crippen molar-refractivity contribution in [1.82, 2.24) is 0 Å². The summed E-state index contributed by atoms with van der Waals surface area (Å²) in [5.41, 5.74) is 1.89. The first-order valence-electron chi connectivity index (χ1n) is 6.42. The quantitative estimate of drug-likeness (QED) is 0.784. The zero-order chi connectivity index (χ0) is 13.4. The highest BCUT2D eigenvalue weighted by Gasteiger charge is 2.29. The van der Waals surface area contributed by atoms with E-state index >= 15 is 0 Å². The van der Waals surface area contributed by atoms with E-state index in [9.17, 15) is 8.42 Å². The number of nitrogens with zero attached hydrogens (tertiary/aromatic N) is 1. The van der Waals surface area contributed by atoms with Gasteiger partial charge in [-0.2, -0.15) is 0 Å². The fraction of sp³-hybridized carbons (Fsp3) is 0.571. The molecule has 1 aromatic rings. The van der Waals surface area contributed by atoms with E-state index in [1.54, 1.807) is 4.31 Å². The van der Waals surface area contributed by atoms with Gasteiger partial charge >= 0.3 is 0 Å². The third-order valence-electron chi connectivity index (χ3n) is 3.33. The molecule has 4 heteroatoms. The standard InChI is InChI=1S/C14H21NO2S/c1-14(2,3)12-8-4-5-9-13(12)15-10-6-7-11-18(15,16)17/h4-5,8-9H,6-7,10-11H2,1-3H3. The summed E-state index contributed by atoms with van der Waals surface area (Å²) in [6.07, 6.45) is 1.72. The van der Waals surface area contributed by atoms with Gasteiger partial charge in [0.1, 0.15) is 0 Å². The van der Waals surface area contributed by atoms with Crippen molar-refractivity contribution in [3.8, 4) is 0 Å². The molecule has 18 heavy (non-hydrogen) atoms. The molecule has 1 aromatic carbocycles. The summed E-state index contributed by atoms with van der Waals surface area (Å²) in [6.45, 7) is 6.95. The summed E-state index contributed by atoms with van der Waals surface area (Å²) in [4.78, 5) is 0. The Balaban J connectivity index is 2.51. The Bertz CT molecular complexity index is 529. The normalized spacial score (nSPS) is 19.8. The zero-order valence-corrected chi connectivity index (χ0v) is 12.1. The van der Waals surface area contributed by atoms with Crippen molar-refractivity contribution in [3.05, 3.63) is 29.8 Å². The topological polar surface area (TPSA) is 37.4 Å². The molecule has 1 heterocycles. The van der Waals surface area contributed by atoms with Crippen LogP contribution >= 0.6 is 0 Å². The van der Waals surface area contributed by atoms with E-state index < -0.39 is 10.0 Å². The number of anilines is 1. The van der Waals surface area contributed by atoms with Gasteiger partial charge in [-0.15, -0.1) is 0 Å². The maximum atomic E-state index is 12.2. The Labute approximate surface area is 110 Å². The lowest BCUT2D eigenvalue weighted by Crippen LogP contribution is -2.39. The van der Waals surface area contributed by atoms with E-state index in [0.29, 0.717) is 6.54 Å². The highest BCUT2D eigenvalue weighted by atomic mass is 32.2. The first kappa shape index (κ1) is 13.4. The van der Waals surface area contributed by atoms with Gasteiger partial charge in [-0.25, -0.2) is 8.42 Å². The zero-order valence-electron chi connectivity index (χ0n) is 11.3. The van der Waals surface area contributed by atoms with Crippen LogP contribution in [0, 0.1) is 0 Å². The highest BCUT2D eigenvalue weighted by molar-refractivity contribution is 7.92. The second-order valence-electron chi connectivity index (χ2n) is 5.86. The van der Waals surface area contributed by atoms with E-state index in [-0.39, 0.29) is 11.2 Å². The molecule has 0 spiro atoms. The van der Waals surface area contributed by atoms with Crippen LogP contribution in [0.4, 0.5) is 5.69 Å². The Morgan fingerprint density at radius 2 is 1.78 bits per heavy atom. The summed E-state index contributed by atoms with van der Waals surface area (Å²) in [7, 11) is -3.13. The van der Waals surface area contributed by atoms with Crippen molar-refractivity contribution in [2.24, 2.45) is 0 Å². The van der Waals surface area contributed by atoms with Crippen molar-refractivity contribution in [2.45, 2.75) is 39.0 Å². The molecule has 1 saturated heterocycles. The summed E-state index contributed by atoms with van der Waals surface area (Å²) in [6, 6.07) is 7.83. The molecule has 0 bridgehead atoms. The maximum Gasteiger partial charge on any atom is 0.235 e. The Morgan fingerprint density at radius 1 is 1.11 bits per heavy atom. The molecule has 0 N–H and O–H groups in total. The Kier molecular flexibility index (Phi) is 3.41. The summed E-state index contributed by atoms with van der Waals surface area (Å²) in [5, 5.41) is 0. The number of sulfonamides is 1. The minimum atomic E-state index is -3.13.